The third kappa shape index (κ3) is 5.53. The Morgan fingerprint density at radius 2 is 1.14 bits per heavy atom. The lowest BCUT2D eigenvalue weighted by Crippen LogP contribution is -2.13. The van der Waals surface area contributed by atoms with Gasteiger partial charge in [-0.05, 0) is 77.9 Å². The number of para-hydroxylation sites is 4. The van der Waals surface area contributed by atoms with Crippen LogP contribution in [0.2, 0.25) is 0 Å². The maximum absolute atomic E-state index is 6.97. The molecule has 280 valence electrons. The first kappa shape index (κ1) is 33.6. The lowest BCUT2D eigenvalue weighted by Gasteiger charge is -2.19. The van der Waals surface area contributed by atoms with E-state index in [0.717, 1.165) is 102 Å². The van der Waals surface area contributed by atoms with Crippen LogP contribution in [0.25, 0.3) is 82.5 Å². The van der Waals surface area contributed by atoms with Crippen LogP contribution in [0.15, 0.2) is 201 Å². The van der Waals surface area contributed by atoms with E-state index in [9.17, 15) is 0 Å². The average Bonchev–Trinajstić information content (AvgIpc) is 3.96. The molecule has 0 spiro atoms. The molecule has 3 aromatic heterocycles. The molecule has 12 rings (SSSR count). The van der Waals surface area contributed by atoms with Crippen LogP contribution in [0.3, 0.4) is 0 Å². The van der Waals surface area contributed by atoms with Crippen molar-refractivity contribution in [3.8, 4) is 16.8 Å². The first-order chi connectivity index (χ1) is 29.2. The van der Waals surface area contributed by atoms with Gasteiger partial charge in [0.15, 0.2) is 11.4 Å². The maximum Gasteiger partial charge on any atom is 0.159 e. The van der Waals surface area contributed by atoms with Crippen molar-refractivity contribution in [2.24, 2.45) is 9.98 Å². The lowest BCUT2D eigenvalue weighted by molar-refractivity contribution is 0.618. The predicted octanol–water partition coefficient (Wildman–Crippen LogP) is 14.4. The molecule has 11 aromatic rings. The molecule has 0 saturated carbocycles. The fraction of sp³-hybridized carbons (Fsp3) is 0.0741. The van der Waals surface area contributed by atoms with Gasteiger partial charge >= 0.3 is 0 Å². The van der Waals surface area contributed by atoms with E-state index in [0.29, 0.717) is 5.84 Å². The Kier molecular flexibility index (Phi) is 7.73. The van der Waals surface area contributed by atoms with E-state index in [1.54, 1.807) is 0 Å². The summed E-state index contributed by atoms with van der Waals surface area (Å²) in [6.45, 7) is 0. The van der Waals surface area contributed by atoms with Gasteiger partial charge in [-0.3, -0.25) is 4.99 Å². The van der Waals surface area contributed by atoms with Crippen molar-refractivity contribution in [3.63, 3.8) is 0 Å². The highest BCUT2D eigenvalue weighted by atomic mass is 16.3. The zero-order valence-electron chi connectivity index (χ0n) is 32.2. The minimum absolute atomic E-state index is 0.128. The number of benzene rings is 8. The van der Waals surface area contributed by atoms with E-state index in [4.69, 9.17) is 18.8 Å². The van der Waals surface area contributed by atoms with E-state index in [1.165, 1.54) is 21.9 Å². The quantitative estimate of drug-likeness (QED) is 0.175. The van der Waals surface area contributed by atoms with Gasteiger partial charge in [0.05, 0.1) is 34.0 Å². The molecule has 0 radical (unpaired) electrons. The van der Waals surface area contributed by atoms with Crippen LogP contribution in [0, 0.1) is 0 Å². The molecule has 4 heterocycles. The third-order valence-corrected chi connectivity index (χ3v) is 12.1. The van der Waals surface area contributed by atoms with Crippen molar-refractivity contribution in [1.82, 2.24) is 4.57 Å². The van der Waals surface area contributed by atoms with Gasteiger partial charge in [-0.1, -0.05) is 146 Å². The number of amidine groups is 1. The zero-order chi connectivity index (χ0) is 38.9. The van der Waals surface area contributed by atoms with Crippen LogP contribution >= 0.6 is 0 Å². The van der Waals surface area contributed by atoms with E-state index in [-0.39, 0.29) is 6.04 Å². The molecule has 0 aliphatic carbocycles. The van der Waals surface area contributed by atoms with Crippen LogP contribution in [0.4, 0.5) is 0 Å². The molecular weight excluding hydrogens is 723 g/mol. The smallest absolute Gasteiger partial charge is 0.159 e. The summed E-state index contributed by atoms with van der Waals surface area (Å²) in [6.07, 6.45) is 2.66. The fourth-order valence-corrected chi connectivity index (χ4v) is 9.24. The molecule has 5 nitrogen and oxygen atoms in total. The summed E-state index contributed by atoms with van der Waals surface area (Å²) < 4.78 is 15.9. The number of nitrogens with zero attached hydrogens (tertiary/aromatic N) is 3. The van der Waals surface area contributed by atoms with Gasteiger partial charge in [0.1, 0.15) is 16.7 Å². The maximum atomic E-state index is 6.97. The molecule has 1 aliphatic rings. The van der Waals surface area contributed by atoms with Gasteiger partial charge in [0.25, 0.3) is 0 Å². The summed E-state index contributed by atoms with van der Waals surface area (Å²) >= 11 is 0. The Morgan fingerprint density at radius 3 is 2.00 bits per heavy atom. The monoisotopic (exact) mass is 759 g/mol. The number of fused-ring (bicyclic) bond motifs is 9. The molecule has 59 heavy (non-hydrogen) atoms. The second-order valence-corrected chi connectivity index (χ2v) is 15.5. The molecule has 0 fully saturated rings. The van der Waals surface area contributed by atoms with Crippen molar-refractivity contribution in [2.45, 2.75) is 25.3 Å². The first-order valence-corrected chi connectivity index (χ1v) is 20.4. The second kappa shape index (κ2) is 13.6. The minimum atomic E-state index is -0.128. The number of rotatable bonds is 5. The molecular formula is C54H37N3O2. The van der Waals surface area contributed by atoms with E-state index < -0.39 is 0 Å². The molecule has 0 saturated heterocycles. The molecule has 8 aromatic carbocycles. The van der Waals surface area contributed by atoms with Crippen LogP contribution < -0.4 is 0 Å². The highest BCUT2D eigenvalue weighted by molar-refractivity contribution is 6.19. The summed E-state index contributed by atoms with van der Waals surface area (Å²) in [7, 11) is 0. The van der Waals surface area contributed by atoms with E-state index in [1.807, 2.05) is 12.1 Å². The third-order valence-electron chi connectivity index (χ3n) is 12.1. The van der Waals surface area contributed by atoms with Crippen molar-refractivity contribution in [3.05, 3.63) is 199 Å². The number of hydrogen-bond acceptors (Lipinski definition) is 4. The Morgan fingerprint density at radius 1 is 0.475 bits per heavy atom. The highest BCUT2D eigenvalue weighted by Crippen LogP contribution is 2.41. The molecule has 0 amide bonds. The molecule has 1 atom stereocenters. The predicted molar refractivity (Wildman–Crippen MR) is 243 cm³/mol. The van der Waals surface area contributed by atoms with Crippen LogP contribution in [0.5, 0.6) is 0 Å². The Labute approximate surface area is 340 Å². The highest BCUT2D eigenvalue weighted by Gasteiger charge is 2.23. The largest absolute Gasteiger partial charge is 0.455 e. The standard InChI is InChI=1S/C54H37N3O2/c1-3-14-34(15-4-1)36-28-30-39-38-18-7-9-25-47(38)57(49(39)32-36)48-26-12-21-43-41-31-29-37(33-51(41)59-53(43)48)46-24-13-23-45(35-16-5-2-6-17-35)55-54(56-46)44-22-11-20-42-40-19-8-10-27-50(40)58-52(42)44/h1-12,14-22,25-33,46H,13,23-24H2/b55-45+,56-54-. The molecule has 0 N–H and O–H groups in total. The van der Waals surface area contributed by atoms with Crippen molar-refractivity contribution < 1.29 is 8.83 Å². The summed E-state index contributed by atoms with van der Waals surface area (Å²) in [4.78, 5) is 10.9. The van der Waals surface area contributed by atoms with Crippen LogP contribution in [-0.4, -0.2) is 16.1 Å². The summed E-state index contributed by atoms with van der Waals surface area (Å²) in [5.74, 6) is 0.687. The minimum Gasteiger partial charge on any atom is -0.455 e. The Balaban J connectivity index is 1.02. The number of hydrogen-bond donors (Lipinski definition) is 0. The lowest BCUT2D eigenvalue weighted by atomic mass is 9.96. The van der Waals surface area contributed by atoms with Crippen molar-refractivity contribution in [2.75, 3.05) is 0 Å². The van der Waals surface area contributed by atoms with Crippen molar-refractivity contribution in [1.29, 1.82) is 0 Å². The van der Waals surface area contributed by atoms with E-state index in [2.05, 4.69) is 174 Å². The number of furan rings is 2. The van der Waals surface area contributed by atoms with Gasteiger partial charge in [0.2, 0.25) is 0 Å². The summed E-state index contributed by atoms with van der Waals surface area (Å²) in [5, 5.41) is 6.76. The number of aliphatic imine (C=N–C) groups is 2. The van der Waals surface area contributed by atoms with Crippen LogP contribution in [-0.2, 0) is 0 Å². The first-order valence-electron chi connectivity index (χ1n) is 20.4. The van der Waals surface area contributed by atoms with Gasteiger partial charge in [-0.15, -0.1) is 0 Å². The SMILES string of the molecule is c1ccc(/C2=N/C(c3cccc4c3oc3ccccc34)=N\C(c3ccc4c(c3)oc3c(-n5c6ccccc6c6ccc(-c7ccccc7)cc65)cccc34)CCC2)cc1. The normalized spacial score (nSPS) is 16.7. The Bertz CT molecular complexity index is 3480. The molecule has 0 bridgehead atoms. The van der Waals surface area contributed by atoms with Gasteiger partial charge < -0.3 is 13.4 Å². The second-order valence-electron chi connectivity index (χ2n) is 15.5. The van der Waals surface area contributed by atoms with Crippen LogP contribution in [0.1, 0.15) is 42.0 Å². The molecule has 1 aliphatic heterocycles. The summed E-state index contributed by atoms with van der Waals surface area (Å²) in [6, 6.07) is 64.1. The molecule has 1 unspecified atom stereocenters. The molecule has 5 heteroatoms. The van der Waals surface area contributed by atoms with Gasteiger partial charge in [-0.2, -0.15) is 0 Å². The fourth-order valence-electron chi connectivity index (χ4n) is 9.24. The van der Waals surface area contributed by atoms with Gasteiger partial charge in [-0.25, -0.2) is 4.99 Å². The summed E-state index contributed by atoms with van der Waals surface area (Å²) in [5.41, 5.74) is 13.2. The van der Waals surface area contributed by atoms with Crippen molar-refractivity contribution >= 4 is 77.2 Å². The zero-order valence-corrected chi connectivity index (χ0v) is 32.2. The van der Waals surface area contributed by atoms with Gasteiger partial charge in [0, 0.05) is 32.3 Å². The average molecular weight is 760 g/mol. The van der Waals surface area contributed by atoms with E-state index >= 15 is 0 Å². The number of aromatic nitrogens is 1. The Hall–Kier alpha value is -7.50. The topological polar surface area (TPSA) is 55.9 Å².